The minimum Gasteiger partial charge on any atom is -0.354 e. The topological polar surface area (TPSA) is 56.7 Å². The molecule has 1 fully saturated rings. The SMILES string of the molecule is CN=C(NCc1ccc(CN2CCCC2=O)cc1)NC(C)Cc1ccc(C)s1.I. The maximum absolute atomic E-state index is 11.8. The van der Waals surface area contributed by atoms with Crippen molar-refractivity contribution in [3.63, 3.8) is 0 Å². The second-order valence-electron chi connectivity index (χ2n) is 7.42. The Morgan fingerprint density at radius 3 is 2.52 bits per heavy atom. The molecule has 1 atom stereocenters. The Balaban J connectivity index is 0.00000300. The van der Waals surface area contributed by atoms with Crippen LogP contribution in [0.2, 0.25) is 0 Å². The number of rotatable bonds is 7. The molecular weight excluding hydrogens is 495 g/mol. The van der Waals surface area contributed by atoms with Crippen molar-refractivity contribution in [3.8, 4) is 0 Å². The second-order valence-corrected chi connectivity index (χ2v) is 8.80. The van der Waals surface area contributed by atoms with Crippen LogP contribution in [0, 0.1) is 6.92 Å². The first kappa shape index (κ1) is 23.7. The zero-order valence-corrected chi connectivity index (χ0v) is 20.6. The molecule has 1 aromatic heterocycles. The highest BCUT2D eigenvalue weighted by molar-refractivity contribution is 14.0. The number of carbonyl (C=O) groups excluding carboxylic acids is 1. The average Bonchev–Trinajstić information content (AvgIpc) is 3.27. The van der Waals surface area contributed by atoms with Crippen LogP contribution in [0.3, 0.4) is 0 Å². The fourth-order valence-corrected chi connectivity index (χ4v) is 4.43. The number of aryl methyl sites for hydroxylation is 1. The van der Waals surface area contributed by atoms with Gasteiger partial charge in [0.15, 0.2) is 5.96 Å². The summed E-state index contributed by atoms with van der Waals surface area (Å²) in [6.07, 6.45) is 2.67. The quantitative estimate of drug-likeness (QED) is 0.325. The van der Waals surface area contributed by atoms with Crippen molar-refractivity contribution < 1.29 is 4.79 Å². The van der Waals surface area contributed by atoms with Crippen LogP contribution in [0.1, 0.15) is 40.6 Å². The van der Waals surface area contributed by atoms with E-state index in [4.69, 9.17) is 0 Å². The van der Waals surface area contributed by atoms with E-state index in [1.165, 1.54) is 20.9 Å². The van der Waals surface area contributed by atoms with Gasteiger partial charge < -0.3 is 15.5 Å². The lowest BCUT2D eigenvalue weighted by molar-refractivity contribution is -0.128. The number of amides is 1. The predicted octanol–water partition coefficient (Wildman–Crippen LogP) is 4.09. The normalized spacial score (nSPS) is 15.2. The van der Waals surface area contributed by atoms with Gasteiger partial charge in [0.1, 0.15) is 0 Å². The molecule has 1 aromatic carbocycles. The van der Waals surface area contributed by atoms with Crippen molar-refractivity contribution in [1.82, 2.24) is 15.5 Å². The Bertz CT molecular complexity index is 818. The molecule has 0 saturated carbocycles. The second kappa shape index (κ2) is 11.5. The summed E-state index contributed by atoms with van der Waals surface area (Å²) in [5.41, 5.74) is 2.38. The molecule has 0 spiro atoms. The van der Waals surface area contributed by atoms with Gasteiger partial charge in [-0.2, -0.15) is 0 Å². The Hall–Kier alpha value is -1.61. The lowest BCUT2D eigenvalue weighted by Crippen LogP contribution is -2.42. The Kier molecular flexibility index (Phi) is 9.42. The number of carbonyl (C=O) groups is 1. The first-order valence-corrected chi connectivity index (χ1v) is 10.7. The summed E-state index contributed by atoms with van der Waals surface area (Å²) in [4.78, 5) is 20.8. The summed E-state index contributed by atoms with van der Waals surface area (Å²) in [7, 11) is 1.80. The van der Waals surface area contributed by atoms with E-state index in [2.05, 4.69) is 65.9 Å². The number of guanidine groups is 1. The van der Waals surface area contributed by atoms with Crippen molar-refractivity contribution in [1.29, 1.82) is 0 Å². The number of thiophene rings is 1. The van der Waals surface area contributed by atoms with E-state index >= 15 is 0 Å². The van der Waals surface area contributed by atoms with Gasteiger partial charge in [0.25, 0.3) is 0 Å². The fraction of sp³-hybridized carbons (Fsp3) is 0.455. The van der Waals surface area contributed by atoms with Crippen molar-refractivity contribution in [3.05, 3.63) is 57.3 Å². The highest BCUT2D eigenvalue weighted by Gasteiger charge is 2.19. The van der Waals surface area contributed by atoms with Crippen LogP contribution in [0.5, 0.6) is 0 Å². The van der Waals surface area contributed by atoms with Crippen molar-refractivity contribution in [2.24, 2.45) is 4.99 Å². The zero-order chi connectivity index (χ0) is 19.9. The Morgan fingerprint density at radius 1 is 1.21 bits per heavy atom. The molecule has 2 N–H and O–H groups in total. The standard InChI is InChI=1S/C22H30N4OS.HI/c1-16(13-20-11-6-17(2)28-20)25-22(23-3)24-14-18-7-9-19(10-8-18)15-26-12-4-5-21(26)27;/h6-11,16H,4-5,12-15H2,1-3H3,(H2,23,24,25);1H. The highest BCUT2D eigenvalue weighted by atomic mass is 127. The molecule has 158 valence electrons. The number of hydrogen-bond donors (Lipinski definition) is 2. The molecule has 1 amide bonds. The third kappa shape index (κ3) is 7.29. The molecule has 0 aliphatic carbocycles. The molecule has 7 heteroatoms. The third-order valence-electron chi connectivity index (χ3n) is 4.94. The molecule has 2 heterocycles. The summed E-state index contributed by atoms with van der Waals surface area (Å²) < 4.78 is 0. The van der Waals surface area contributed by atoms with E-state index < -0.39 is 0 Å². The first-order chi connectivity index (χ1) is 13.5. The number of hydrogen-bond acceptors (Lipinski definition) is 3. The molecular formula is C22H31IN4OS. The maximum atomic E-state index is 11.8. The van der Waals surface area contributed by atoms with Crippen LogP contribution in [0.25, 0.3) is 0 Å². The highest BCUT2D eigenvalue weighted by Crippen LogP contribution is 2.17. The summed E-state index contributed by atoms with van der Waals surface area (Å²) in [6.45, 7) is 6.63. The van der Waals surface area contributed by atoms with E-state index in [-0.39, 0.29) is 29.9 Å². The molecule has 5 nitrogen and oxygen atoms in total. The largest absolute Gasteiger partial charge is 0.354 e. The van der Waals surface area contributed by atoms with Crippen LogP contribution >= 0.6 is 35.3 Å². The van der Waals surface area contributed by atoms with Gasteiger partial charge in [0.2, 0.25) is 5.91 Å². The summed E-state index contributed by atoms with van der Waals surface area (Å²) >= 11 is 1.85. The molecule has 1 aliphatic rings. The lowest BCUT2D eigenvalue weighted by Gasteiger charge is -2.18. The van der Waals surface area contributed by atoms with Crippen LogP contribution in [-0.4, -0.2) is 36.4 Å². The molecule has 2 aromatic rings. The summed E-state index contributed by atoms with van der Waals surface area (Å²) in [5.74, 6) is 1.08. The number of aliphatic imine (C=N–C) groups is 1. The molecule has 1 saturated heterocycles. The first-order valence-electron chi connectivity index (χ1n) is 9.91. The number of nitrogens with zero attached hydrogens (tertiary/aromatic N) is 2. The van der Waals surface area contributed by atoms with E-state index in [9.17, 15) is 4.79 Å². The van der Waals surface area contributed by atoms with Crippen LogP contribution in [-0.2, 0) is 24.3 Å². The van der Waals surface area contributed by atoms with Crippen molar-refractivity contribution in [2.75, 3.05) is 13.6 Å². The van der Waals surface area contributed by atoms with Gasteiger partial charge in [-0.25, -0.2) is 0 Å². The van der Waals surface area contributed by atoms with Crippen molar-refractivity contribution in [2.45, 2.75) is 52.2 Å². The van der Waals surface area contributed by atoms with Crippen molar-refractivity contribution >= 4 is 47.2 Å². The Labute approximate surface area is 195 Å². The predicted molar refractivity (Wildman–Crippen MR) is 132 cm³/mol. The minimum absolute atomic E-state index is 0. The molecule has 0 bridgehead atoms. The Morgan fingerprint density at radius 2 is 1.93 bits per heavy atom. The van der Waals surface area contributed by atoms with Crippen LogP contribution in [0.4, 0.5) is 0 Å². The summed E-state index contributed by atoms with van der Waals surface area (Å²) in [6, 6.07) is 13.1. The van der Waals surface area contributed by atoms with Gasteiger partial charge in [0.05, 0.1) is 0 Å². The van der Waals surface area contributed by atoms with Gasteiger partial charge in [-0.15, -0.1) is 35.3 Å². The lowest BCUT2D eigenvalue weighted by atomic mass is 10.1. The van der Waals surface area contributed by atoms with E-state index in [1.807, 2.05) is 16.2 Å². The molecule has 3 rings (SSSR count). The monoisotopic (exact) mass is 526 g/mol. The molecule has 29 heavy (non-hydrogen) atoms. The maximum Gasteiger partial charge on any atom is 0.222 e. The summed E-state index contributed by atoms with van der Waals surface area (Å²) in [5, 5.41) is 6.85. The smallest absolute Gasteiger partial charge is 0.222 e. The number of benzene rings is 1. The third-order valence-corrected chi connectivity index (χ3v) is 5.96. The molecule has 1 aliphatic heterocycles. The van der Waals surface area contributed by atoms with Crippen LogP contribution in [0.15, 0.2) is 41.4 Å². The number of nitrogens with one attached hydrogen (secondary N) is 2. The van der Waals surface area contributed by atoms with Gasteiger partial charge in [-0.1, -0.05) is 24.3 Å². The zero-order valence-electron chi connectivity index (χ0n) is 17.4. The number of halogens is 1. The van der Waals surface area contributed by atoms with Gasteiger partial charge in [-0.3, -0.25) is 9.79 Å². The van der Waals surface area contributed by atoms with Gasteiger partial charge >= 0.3 is 0 Å². The van der Waals surface area contributed by atoms with E-state index in [1.54, 1.807) is 7.05 Å². The molecule has 1 unspecified atom stereocenters. The van der Waals surface area contributed by atoms with Gasteiger partial charge in [-0.05, 0) is 43.5 Å². The number of likely N-dealkylation sites (tertiary alicyclic amines) is 1. The van der Waals surface area contributed by atoms with Crippen LogP contribution < -0.4 is 10.6 Å². The van der Waals surface area contributed by atoms with E-state index in [0.717, 1.165) is 31.9 Å². The van der Waals surface area contributed by atoms with E-state index in [0.29, 0.717) is 19.0 Å². The fourth-order valence-electron chi connectivity index (χ4n) is 3.42. The van der Waals surface area contributed by atoms with Gasteiger partial charge in [0, 0.05) is 55.3 Å². The molecule has 0 radical (unpaired) electrons. The minimum atomic E-state index is 0. The average molecular weight is 526 g/mol.